The van der Waals surface area contributed by atoms with E-state index in [4.69, 9.17) is 0 Å². The number of hydrogen-bond donors (Lipinski definition) is 1. The smallest absolute Gasteiger partial charge is 0.0898 e. The van der Waals surface area contributed by atoms with Crippen LogP contribution in [0.3, 0.4) is 0 Å². The molecule has 2 aromatic rings. The molecule has 4 heteroatoms. The number of aryl methyl sites for hydroxylation is 1. The Kier molecular flexibility index (Phi) is 5.15. The Morgan fingerprint density at radius 3 is 2.50 bits per heavy atom. The first-order chi connectivity index (χ1) is 9.63. The molecule has 0 saturated heterocycles. The normalized spacial score (nSPS) is 12.4. The van der Waals surface area contributed by atoms with Crippen LogP contribution in [-0.4, -0.2) is 19.1 Å². The number of anilines is 1. The Bertz CT molecular complexity index is 529. The van der Waals surface area contributed by atoms with Gasteiger partial charge in [0.25, 0.3) is 0 Å². The van der Waals surface area contributed by atoms with Crippen molar-refractivity contribution in [3.05, 3.63) is 45.9 Å². The molecule has 108 valence electrons. The van der Waals surface area contributed by atoms with E-state index in [-0.39, 0.29) is 0 Å². The van der Waals surface area contributed by atoms with E-state index < -0.39 is 0 Å². The van der Waals surface area contributed by atoms with Gasteiger partial charge in [-0.1, -0.05) is 19.1 Å². The summed E-state index contributed by atoms with van der Waals surface area (Å²) in [5.41, 5.74) is 3.71. The van der Waals surface area contributed by atoms with Crippen LogP contribution < -0.4 is 10.2 Å². The minimum Gasteiger partial charge on any atom is -0.369 e. The van der Waals surface area contributed by atoms with Gasteiger partial charge in [0.05, 0.1) is 17.2 Å². The summed E-state index contributed by atoms with van der Waals surface area (Å²) in [5.74, 6) is 0. The topological polar surface area (TPSA) is 28.2 Å². The van der Waals surface area contributed by atoms with Gasteiger partial charge in [-0.15, -0.1) is 11.3 Å². The highest BCUT2D eigenvalue weighted by molar-refractivity contribution is 7.09. The van der Waals surface area contributed by atoms with Crippen LogP contribution in [0.25, 0.3) is 0 Å². The number of hydrogen-bond acceptors (Lipinski definition) is 4. The van der Waals surface area contributed by atoms with Gasteiger partial charge in [0.2, 0.25) is 0 Å². The molecule has 0 aliphatic heterocycles. The molecule has 0 radical (unpaired) electrons. The van der Waals surface area contributed by atoms with Crippen LogP contribution in [0.15, 0.2) is 29.6 Å². The largest absolute Gasteiger partial charge is 0.369 e. The molecule has 20 heavy (non-hydrogen) atoms. The van der Waals surface area contributed by atoms with E-state index in [0.29, 0.717) is 6.04 Å². The molecule has 1 unspecified atom stereocenters. The van der Waals surface area contributed by atoms with Gasteiger partial charge in [0.1, 0.15) is 0 Å². The Labute approximate surface area is 125 Å². The summed E-state index contributed by atoms with van der Waals surface area (Å²) in [6, 6.07) is 9.24. The molecule has 0 aliphatic rings. The maximum absolute atomic E-state index is 4.52. The van der Waals surface area contributed by atoms with Gasteiger partial charge in [-0.2, -0.15) is 0 Å². The van der Waals surface area contributed by atoms with E-state index in [1.807, 2.05) is 14.0 Å². The van der Waals surface area contributed by atoms with Crippen molar-refractivity contribution >= 4 is 17.0 Å². The molecule has 0 amide bonds. The van der Waals surface area contributed by atoms with E-state index >= 15 is 0 Å². The highest BCUT2D eigenvalue weighted by Gasteiger charge is 2.08. The van der Waals surface area contributed by atoms with Gasteiger partial charge in [0.15, 0.2) is 0 Å². The maximum Gasteiger partial charge on any atom is 0.0898 e. The van der Waals surface area contributed by atoms with Crippen LogP contribution in [0.1, 0.15) is 35.7 Å². The SMILES string of the molecule is CCC(NC)c1ccc(N(C)Cc2csc(C)n2)cc1. The van der Waals surface area contributed by atoms with Gasteiger partial charge in [-0.25, -0.2) is 4.98 Å². The lowest BCUT2D eigenvalue weighted by molar-refractivity contribution is 0.577. The van der Waals surface area contributed by atoms with E-state index in [0.717, 1.165) is 23.7 Å². The molecule has 1 N–H and O–H groups in total. The third-order valence-corrected chi connectivity index (χ3v) is 4.38. The molecule has 1 atom stereocenters. The van der Waals surface area contributed by atoms with Crippen LogP contribution in [0.4, 0.5) is 5.69 Å². The number of rotatable bonds is 6. The molecule has 0 spiro atoms. The van der Waals surface area contributed by atoms with Crippen molar-refractivity contribution in [1.82, 2.24) is 10.3 Å². The predicted molar refractivity (Wildman–Crippen MR) is 87.5 cm³/mol. The average Bonchev–Trinajstić information content (AvgIpc) is 2.86. The molecule has 2 rings (SSSR count). The van der Waals surface area contributed by atoms with Crippen molar-refractivity contribution < 1.29 is 0 Å². The van der Waals surface area contributed by atoms with Gasteiger partial charge >= 0.3 is 0 Å². The zero-order valence-electron chi connectivity index (χ0n) is 12.7. The zero-order valence-corrected chi connectivity index (χ0v) is 13.5. The summed E-state index contributed by atoms with van der Waals surface area (Å²) in [6.07, 6.45) is 1.10. The summed E-state index contributed by atoms with van der Waals surface area (Å²) >= 11 is 1.71. The van der Waals surface area contributed by atoms with Gasteiger partial charge in [-0.05, 0) is 38.1 Å². The first-order valence-electron chi connectivity index (χ1n) is 7.03. The van der Waals surface area contributed by atoms with Gasteiger partial charge < -0.3 is 10.2 Å². The standard InChI is InChI=1S/C16H23N3S/c1-5-16(17-3)13-6-8-15(9-7-13)19(4)10-14-11-20-12(2)18-14/h6-9,11,16-17H,5,10H2,1-4H3. The Morgan fingerprint density at radius 1 is 1.30 bits per heavy atom. The van der Waals surface area contributed by atoms with Crippen molar-refractivity contribution in [2.24, 2.45) is 0 Å². The van der Waals surface area contributed by atoms with Crippen molar-refractivity contribution in [1.29, 1.82) is 0 Å². The minimum absolute atomic E-state index is 0.440. The third-order valence-electron chi connectivity index (χ3n) is 3.56. The van der Waals surface area contributed by atoms with Crippen LogP contribution in [0.5, 0.6) is 0 Å². The number of nitrogens with one attached hydrogen (secondary N) is 1. The number of aromatic nitrogens is 1. The van der Waals surface area contributed by atoms with Crippen LogP contribution >= 0.6 is 11.3 Å². The Morgan fingerprint density at radius 2 is 2.00 bits per heavy atom. The van der Waals surface area contributed by atoms with Crippen molar-refractivity contribution in [2.45, 2.75) is 32.9 Å². The van der Waals surface area contributed by atoms with Crippen molar-refractivity contribution in [3.8, 4) is 0 Å². The fraction of sp³-hybridized carbons (Fsp3) is 0.438. The zero-order chi connectivity index (χ0) is 14.5. The lowest BCUT2D eigenvalue weighted by Crippen LogP contribution is -2.18. The second kappa shape index (κ2) is 6.86. The molecular weight excluding hydrogens is 266 g/mol. The number of thiazole rings is 1. The average molecular weight is 289 g/mol. The van der Waals surface area contributed by atoms with E-state index in [1.54, 1.807) is 11.3 Å². The molecule has 1 heterocycles. The van der Waals surface area contributed by atoms with Crippen LogP contribution in [-0.2, 0) is 6.54 Å². The van der Waals surface area contributed by atoms with Crippen LogP contribution in [0.2, 0.25) is 0 Å². The molecule has 3 nitrogen and oxygen atoms in total. The summed E-state index contributed by atoms with van der Waals surface area (Å²) in [6.45, 7) is 5.10. The highest BCUT2D eigenvalue weighted by Crippen LogP contribution is 2.21. The second-order valence-corrected chi connectivity index (χ2v) is 6.12. The van der Waals surface area contributed by atoms with E-state index in [9.17, 15) is 0 Å². The fourth-order valence-electron chi connectivity index (χ4n) is 2.38. The number of benzene rings is 1. The third kappa shape index (κ3) is 3.58. The summed E-state index contributed by atoms with van der Waals surface area (Å²) < 4.78 is 0. The molecule has 0 fully saturated rings. The molecule has 1 aromatic heterocycles. The Balaban J connectivity index is 2.05. The molecule has 1 aromatic carbocycles. The van der Waals surface area contributed by atoms with Gasteiger partial charge in [0, 0.05) is 24.2 Å². The van der Waals surface area contributed by atoms with E-state index in [2.05, 4.69) is 58.8 Å². The van der Waals surface area contributed by atoms with Crippen molar-refractivity contribution in [3.63, 3.8) is 0 Å². The fourth-order valence-corrected chi connectivity index (χ4v) is 2.99. The molecular formula is C16H23N3S. The van der Waals surface area contributed by atoms with E-state index in [1.165, 1.54) is 11.3 Å². The highest BCUT2D eigenvalue weighted by atomic mass is 32.1. The minimum atomic E-state index is 0.440. The maximum atomic E-state index is 4.52. The number of nitrogens with zero attached hydrogens (tertiary/aromatic N) is 2. The predicted octanol–water partition coefficient (Wildman–Crippen LogP) is 3.76. The lowest BCUT2D eigenvalue weighted by Gasteiger charge is -2.20. The first-order valence-corrected chi connectivity index (χ1v) is 7.91. The quantitative estimate of drug-likeness (QED) is 0.877. The summed E-state index contributed by atoms with van der Waals surface area (Å²) in [7, 11) is 4.12. The van der Waals surface area contributed by atoms with Crippen LogP contribution in [0, 0.1) is 6.92 Å². The lowest BCUT2D eigenvalue weighted by atomic mass is 10.0. The first kappa shape index (κ1) is 15.0. The van der Waals surface area contributed by atoms with Gasteiger partial charge in [-0.3, -0.25) is 0 Å². The summed E-state index contributed by atoms with van der Waals surface area (Å²) in [4.78, 5) is 6.75. The molecule has 0 bridgehead atoms. The Hall–Kier alpha value is -1.39. The second-order valence-electron chi connectivity index (χ2n) is 5.05. The monoisotopic (exact) mass is 289 g/mol. The molecule has 0 aliphatic carbocycles. The molecule has 0 saturated carbocycles. The van der Waals surface area contributed by atoms with Crippen molar-refractivity contribution in [2.75, 3.05) is 19.0 Å². The summed E-state index contributed by atoms with van der Waals surface area (Å²) in [5, 5.41) is 6.60.